The Morgan fingerprint density at radius 1 is 1.31 bits per heavy atom. The number of hydrogen-bond acceptors (Lipinski definition) is 3. The summed E-state index contributed by atoms with van der Waals surface area (Å²) in [6, 6.07) is 2.15. The molecule has 2 rings (SSSR count). The second kappa shape index (κ2) is 4.66. The average molecular weight is 217 g/mol. The van der Waals surface area contributed by atoms with Crippen molar-refractivity contribution in [2.45, 2.75) is 6.92 Å². The van der Waals surface area contributed by atoms with Crippen LogP contribution in [0, 0.1) is 6.92 Å². The van der Waals surface area contributed by atoms with Crippen LogP contribution in [0.15, 0.2) is 18.8 Å². The smallest absolute Gasteiger partial charge is 0.131 e. The molecule has 1 aliphatic rings. The van der Waals surface area contributed by atoms with Crippen molar-refractivity contribution in [3.8, 4) is 0 Å². The maximum atomic E-state index is 4.53. The number of likely N-dealkylation sites (N-methyl/N-ethyl adjacent to an activating group) is 1. The first-order valence-electron chi connectivity index (χ1n) is 5.73. The fourth-order valence-electron chi connectivity index (χ4n) is 2.05. The molecule has 0 N–H and O–H groups in total. The van der Waals surface area contributed by atoms with Crippen LogP contribution in [0.4, 0.5) is 5.82 Å². The van der Waals surface area contributed by atoms with Crippen LogP contribution in [-0.4, -0.2) is 43.1 Å². The van der Waals surface area contributed by atoms with Gasteiger partial charge in [0, 0.05) is 32.4 Å². The molecule has 0 radical (unpaired) electrons. The van der Waals surface area contributed by atoms with Crippen molar-refractivity contribution in [2.24, 2.45) is 0 Å². The van der Waals surface area contributed by atoms with Crippen molar-refractivity contribution in [1.82, 2.24) is 9.88 Å². The minimum Gasteiger partial charge on any atom is -0.354 e. The van der Waals surface area contributed by atoms with Gasteiger partial charge in [0.05, 0.1) is 0 Å². The minimum atomic E-state index is 1.07. The van der Waals surface area contributed by atoms with Gasteiger partial charge in [-0.3, -0.25) is 0 Å². The topological polar surface area (TPSA) is 19.4 Å². The molecule has 0 atom stereocenters. The maximum Gasteiger partial charge on any atom is 0.131 e. The lowest BCUT2D eigenvalue weighted by Gasteiger charge is -2.34. The Balaban J connectivity index is 2.17. The summed E-state index contributed by atoms with van der Waals surface area (Å²) in [6.07, 6.45) is 3.74. The van der Waals surface area contributed by atoms with Crippen molar-refractivity contribution in [2.75, 3.05) is 38.1 Å². The third kappa shape index (κ3) is 2.25. The number of rotatable bonds is 2. The van der Waals surface area contributed by atoms with Crippen molar-refractivity contribution in [1.29, 1.82) is 0 Å². The number of piperazine rings is 1. The molecule has 0 bridgehead atoms. The highest BCUT2D eigenvalue weighted by atomic mass is 15.3. The summed E-state index contributed by atoms with van der Waals surface area (Å²) in [5, 5.41) is 0. The molecule has 3 heteroatoms. The number of aryl methyl sites for hydroxylation is 1. The molecular weight excluding hydrogens is 198 g/mol. The normalized spacial score (nSPS) is 17.5. The van der Waals surface area contributed by atoms with Gasteiger partial charge in [-0.15, -0.1) is 0 Å². The zero-order valence-corrected chi connectivity index (χ0v) is 10.1. The largest absolute Gasteiger partial charge is 0.354 e. The molecule has 0 aromatic carbocycles. The standard InChI is InChI=1S/C13H19N3/c1-4-12-9-11(2)13(14-10-12)16-7-5-15(3)6-8-16/h4,9-10H,1,5-8H2,2-3H3. The van der Waals surface area contributed by atoms with Crippen LogP contribution >= 0.6 is 0 Å². The third-order valence-electron chi connectivity index (χ3n) is 3.11. The molecule has 1 saturated heterocycles. The Bertz CT molecular complexity index is 379. The number of aromatic nitrogens is 1. The molecule has 2 heterocycles. The quantitative estimate of drug-likeness (QED) is 0.753. The zero-order chi connectivity index (χ0) is 11.5. The summed E-state index contributed by atoms with van der Waals surface area (Å²) in [5.41, 5.74) is 2.33. The van der Waals surface area contributed by atoms with Crippen LogP contribution in [0.3, 0.4) is 0 Å². The van der Waals surface area contributed by atoms with E-state index in [0.29, 0.717) is 0 Å². The Morgan fingerprint density at radius 3 is 2.56 bits per heavy atom. The lowest BCUT2D eigenvalue weighted by Crippen LogP contribution is -2.45. The molecule has 0 aliphatic carbocycles. The van der Waals surface area contributed by atoms with Gasteiger partial charge in [0.25, 0.3) is 0 Å². The van der Waals surface area contributed by atoms with E-state index in [1.807, 2.05) is 12.3 Å². The second-order valence-corrected chi connectivity index (χ2v) is 4.40. The summed E-state index contributed by atoms with van der Waals surface area (Å²) in [4.78, 5) is 9.25. The molecule has 1 aromatic heterocycles. The van der Waals surface area contributed by atoms with E-state index in [2.05, 4.69) is 41.4 Å². The van der Waals surface area contributed by atoms with Gasteiger partial charge in [0.2, 0.25) is 0 Å². The molecule has 0 amide bonds. The maximum absolute atomic E-state index is 4.53. The van der Waals surface area contributed by atoms with E-state index in [9.17, 15) is 0 Å². The van der Waals surface area contributed by atoms with E-state index < -0.39 is 0 Å². The van der Waals surface area contributed by atoms with Gasteiger partial charge in [0.15, 0.2) is 0 Å². The number of hydrogen-bond donors (Lipinski definition) is 0. The van der Waals surface area contributed by atoms with Gasteiger partial charge in [-0.05, 0) is 31.2 Å². The Labute approximate surface area is 97.4 Å². The van der Waals surface area contributed by atoms with Gasteiger partial charge < -0.3 is 9.80 Å². The predicted molar refractivity (Wildman–Crippen MR) is 68.8 cm³/mol. The van der Waals surface area contributed by atoms with Crippen LogP contribution < -0.4 is 4.90 Å². The number of nitrogens with zero attached hydrogens (tertiary/aromatic N) is 3. The Morgan fingerprint density at radius 2 is 2.00 bits per heavy atom. The van der Waals surface area contributed by atoms with Crippen molar-refractivity contribution >= 4 is 11.9 Å². The van der Waals surface area contributed by atoms with Crippen molar-refractivity contribution in [3.05, 3.63) is 30.0 Å². The van der Waals surface area contributed by atoms with E-state index in [-0.39, 0.29) is 0 Å². The number of anilines is 1. The lowest BCUT2D eigenvalue weighted by atomic mass is 10.2. The van der Waals surface area contributed by atoms with E-state index in [4.69, 9.17) is 0 Å². The Hall–Kier alpha value is -1.35. The minimum absolute atomic E-state index is 1.07. The van der Waals surface area contributed by atoms with Crippen LogP contribution in [0.1, 0.15) is 11.1 Å². The van der Waals surface area contributed by atoms with Gasteiger partial charge in [-0.25, -0.2) is 4.98 Å². The molecule has 86 valence electrons. The monoisotopic (exact) mass is 217 g/mol. The average Bonchev–Trinajstić information content (AvgIpc) is 2.30. The summed E-state index contributed by atoms with van der Waals surface area (Å²) >= 11 is 0. The van der Waals surface area contributed by atoms with Crippen LogP contribution in [0.5, 0.6) is 0 Å². The van der Waals surface area contributed by atoms with E-state index in [1.165, 1.54) is 5.56 Å². The first-order chi connectivity index (χ1) is 7.70. The summed E-state index contributed by atoms with van der Waals surface area (Å²) in [6.45, 7) is 10.2. The SMILES string of the molecule is C=Cc1cnc(N2CCN(C)CC2)c(C)c1. The Kier molecular flexibility index (Phi) is 3.25. The molecule has 1 fully saturated rings. The summed E-state index contributed by atoms with van der Waals surface area (Å²) in [5.74, 6) is 1.12. The fraction of sp³-hybridized carbons (Fsp3) is 0.462. The number of pyridine rings is 1. The summed E-state index contributed by atoms with van der Waals surface area (Å²) < 4.78 is 0. The molecular formula is C13H19N3. The van der Waals surface area contributed by atoms with E-state index in [1.54, 1.807) is 0 Å². The van der Waals surface area contributed by atoms with E-state index >= 15 is 0 Å². The molecule has 1 aromatic rings. The highest BCUT2D eigenvalue weighted by Gasteiger charge is 2.16. The zero-order valence-electron chi connectivity index (χ0n) is 10.1. The molecule has 16 heavy (non-hydrogen) atoms. The highest BCUT2D eigenvalue weighted by Crippen LogP contribution is 2.19. The van der Waals surface area contributed by atoms with Crippen LogP contribution in [-0.2, 0) is 0 Å². The first kappa shape index (κ1) is 11.1. The van der Waals surface area contributed by atoms with Crippen molar-refractivity contribution in [3.63, 3.8) is 0 Å². The lowest BCUT2D eigenvalue weighted by molar-refractivity contribution is 0.312. The predicted octanol–water partition coefficient (Wildman–Crippen LogP) is 1.78. The van der Waals surface area contributed by atoms with Crippen molar-refractivity contribution < 1.29 is 0 Å². The van der Waals surface area contributed by atoms with Gasteiger partial charge in [0.1, 0.15) is 5.82 Å². The highest BCUT2D eigenvalue weighted by molar-refractivity contribution is 5.54. The van der Waals surface area contributed by atoms with Crippen LogP contribution in [0.25, 0.3) is 6.08 Å². The van der Waals surface area contributed by atoms with Gasteiger partial charge in [-0.2, -0.15) is 0 Å². The molecule has 0 unspecified atom stereocenters. The summed E-state index contributed by atoms with van der Waals surface area (Å²) in [7, 11) is 2.17. The van der Waals surface area contributed by atoms with E-state index in [0.717, 1.165) is 37.6 Å². The third-order valence-corrected chi connectivity index (χ3v) is 3.11. The molecule has 1 aliphatic heterocycles. The molecule has 0 saturated carbocycles. The van der Waals surface area contributed by atoms with Crippen LogP contribution in [0.2, 0.25) is 0 Å². The molecule has 3 nitrogen and oxygen atoms in total. The fourth-order valence-corrected chi connectivity index (χ4v) is 2.05. The second-order valence-electron chi connectivity index (χ2n) is 4.40. The van der Waals surface area contributed by atoms with Gasteiger partial charge in [-0.1, -0.05) is 12.7 Å². The molecule has 0 spiro atoms. The van der Waals surface area contributed by atoms with Gasteiger partial charge >= 0.3 is 0 Å². The first-order valence-corrected chi connectivity index (χ1v) is 5.73.